The molecule has 0 radical (unpaired) electrons. The maximum Gasteiger partial charge on any atom is 0.166 e. The summed E-state index contributed by atoms with van der Waals surface area (Å²) in [6, 6.07) is 23.3. The summed E-state index contributed by atoms with van der Waals surface area (Å²) in [7, 11) is 0. The van der Waals surface area contributed by atoms with Gasteiger partial charge in [0.2, 0.25) is 0 Å². The minimum absolute atomic E-state index is 0.653. The highest BCUT2D eigenvalue weighted by molar-refractivity contribution is 7.98. The van der Waals surface area contributed by atoms with Gasteiger partial charge >= 0.3 is 0 Å². The Morgan fingerprint density at radius 1 is 0.969 bits per heavy atom. The van der Waals surface area contributed by atoms with Crippen molar-refractivity contribution in [2.45, 2.75) is 11.7 Å². The topological polar surface area (TPSA) is 54.0 Å². The normalized spacial score (nSPS) is 13.7. The van der Waals surface area contributed by atoms with Gasteiger partial charge in [0.25, 0.3) is 0 Å². The fourth-order valence-electron chi connectivity index (χ4n) is 4.40. The molecule has 2 aromatic heterocycles. The van der Waals surface area contributed by atoms with Crippen molar-refractivity contribution in [2.24, 2.45) is 0 Å². The van der Waals surface area contributed by atoms with Crippen LogP contribution in [0.15, 0.2) is 78.1 Å². The highest BCUT2D eigenvalue weighted by atomic mass is 32.2. The van der Waals surface area contributed by atoms with Gasteiger partial charge in [-0.2, -0.15) is 0 Å². The zero-order valence-electron chi connectivity index (χ0n) is 17.7. The number of aromatic amines is 1. The van der Waals surface area contributed by atoms with Crippen LogP contribution in [0.1, 0.15) is 5.56 Å². The number of H-pyrrole nitrogens is 1. The van der Waals surface area contributed by atoms with Crippen LogP contribution in [0.3, 0.4) is 0 Å². The number of pyridine rings is 1. The third-order valence-corrected chi connectivity index (χ3v) is 6.57. The molecule has 3 aromatic carbocycles. The highest BCUT2D eigenvalue weighted by Gasteiger charge is 2.18. The van der Waals surface area contributed by atoms with E-state index in [4.69, 9.17) is 4.74 Å². The van der Waals surface area contributed by atoms with Gasteiger partial charge < -0.3 is 14.6 Å². The monoisotopic (exact) mass is 438 g/mol. The minimum atomic E-state index is 0.653. The number of rotatable bonds is 3. The Balaban J connectivity index is 1.38. The average molecular weight is 439 g/mol. The first kappa shape index (κ1) is 19.2. The molecule has 0 atom stereocenters. The Hall–Kier alpha value is -3.51. The maximum atomic E-state index is 6.12. The van der Waals surface area contributed by atoms with Crippen LogP contribution in [0.4, 0.5) is 5.69 Å². The summed E-state index contributed by atoms with van der Waals surface area (Å²) in [6.45, 7) is 2.27. The predicted octanol–water partition coefficient (Wildman–Crippen LogP) is 5.90. The fourth-order valence-corrected chi connectivity index (χ4v) is 4.80. The number of hydrogen-bond donors (Lipinski definition) is 1. The summed E-state index contributed by atoms with van der Waals surface area (Å²) in [6.07, 6.45) is 3.92. The van der Waals surface area contributed by atoms with Crippen molar-refractivity contribution in [2.75, 3.05) is 24.3 Å². The van der Waals surface area contributed by atoms with Gasteiger partial charge in [0.15, 0.2) is 5.16 Å². The first-order valence-electron chi connectivity index (χ1n) is 10.7. The molecule has 0 saturated heterocycles. The van der Waals surface area contributed by atoms with Crippen LogP contribution < -0.4 is 9.64 Å². The van der Waals surface area contributed by atoms with Crippen LogP contribution >= 0.6 is 11.8 Å². The summed E-state index contributed by atoms with van der Waals surface area (Å²) >= 11 is 1.62. The Kier molecular flexibility index (Phi) is 4.72. The van der Waals surface area contributed by atoms with Crippen LogP contribution in [0.25, 0.3) is 33.1 Å². The van der Waals surface area contributed by atoms with Crippen LogP contribution in [0.2, 0.25) is 0 Å². The van der Waals surface area contributed by atoms with Crippen molar-refractivity contribution in [3.8, 4) is 16.9 Å². The van der Waals surface area contributed by atoms with Crippen molar-refractivity contribution in [3.63, 3.8) is 0 Å². The number of thioether (sulfide) groups is 1. The number of benzene rings is 3. The molecule has 5 nitrogen and oxygen atoms in total. The molecule has 0 spiro atoms. The van der Waals surface area contributed by atoms with E-state index in [1.54, 1.807) is 11.8 Å². The Labute approximate surface area is 190 Å². The number of fused-ring (bicyclic) bond motifs is 3. The first-order valence-corrected chi connectivity index (χ1v) is 11.9. The van der Waals surface area contributed by atoms with Gasteiger partial charge in [0, 0.05) is 29.4 Å². The van der Waals surface area contributed by atoms with Gasteiger partial charge in [-0.05, 0) is 53.8 Å². The number of hydrogen-bond acceptors (Lipinski definition) is 5. The van der Waals surface area contributed by atoms with Crippen molar-refractivity contribution >= 4 is 39.4 Å². The molecule has 6 heteroatoms. The molecule has 0 fully saturated rings. The number of nitrogens with one attached hydrogen (secondary N) is 1. The average Bonchev–Trinajstić information content (AvgIpc) is 3.14. The van der Waals surface area contributed by atoms with E-state index in [9.17, 15) is 0 Å². The van der Waals surface area contributed by atoms with Gasteiger partial charge in [-0.15, -0.1) is 0 Å². The number of nitrogens with zero attached hydrogens (tertiary/aromatic N) is 3. The minimum Gasteiger partial charge on any atom is -0.491 e. The number of para-hydroxylation sites is 1. The second-order valence-electron chi connectivity index (χ2n) is 7.92. The molecule has 0 saturated carbocycles. The molecule has 0 bridgehead atoms. The SMILES string of the molecule is CSc1nc2ccc(-c3ccc4c(c3)CN(c3ccnc5ccccc35)CCO4)cc2[nH]1. The van der Waals surface area contributed by atoms with Gasteiger partial charge in [-0.1, -0.05) is 42.1 Å². The van der Waals surface area contributed by atoms with Crippen molar-refractivity contribution in [3.05, 3.63) is 78.5 Å². The molecule has 0 amide bonds. The Morgan fingerprint density at radius 3 is 2.78 bits per heavy atom. The lowest BCUT2D eigenvalue weighted by Gasteiger charge is -2.23. The lowest BCUT2D eigenvalue weighted by molar-refractivity contribution is 0.332. The van der Waals surface area contributed by atoms with E-state index in [-0.39, 0.29) is 0 Å². The third-order valence-electron chi connectivity index (χ3n) is 5.99. The standard InChI is InChI=1S/C26H22N4OS/c1-32-26-28-22-8-6-18(15-23(22)29-26)17-7-9-25-19(14-17)16-30(12-13-31-25)24-10-11-27-21-5-3-2-4-20(21)24/h2-11,14-15H,12-13,16H2,1H3,(H,28,29). The second-order valence-corrected chi connectivity index (χ2v) is 8.71. The summed E-state index contributed by atoms with van der Waals surface area (Å²) in [5.74, 6) is 0.960. The maximum absolute atomic E-state index is 6.12. The summed E-state index contributed by atoms with van der Waals surface area (Å²) in [4.78, 5) is 14.9. The van der Waals surface area contributed by atoms with Crippen LogP contribution in [-0.2, 0) is 6.54 Å². The number of anilines is 1. The van der Waals surface area contributed by atoms with Crippen molar-refractivity contribution < 1.29 is 4.74 Å². The molecule has 6 rings (SSSR count). The van der Waals surface area contributed by atoms with Crippen LogP contribution in [0.5, 0.6) is 5.75 Å². The van der Waals surface area contributed by atoms with E-state index < -0.39 is 0 Å². The molecule has 1 N–H and O–H groups in total. The molecule has 3 heterocycles. The first-order chi connectivity index (χ1) is 15.8. The lowest BCUT2D eigenvalue weighted by atomic mass is 10.0. The van der Waals surface area contributed by atoms with Gasteiger partial charge in [0.1, 0.15) is 12.4 Å². The number of aromatic nitrogens is 3. The highest BCUT2D eigenvalue weighted by Crippen LogP contribution is 2.34. The third kappa shape index (κ3) is 3.37. The quantitative estimate of drug-likeness (QED) is 0.356. The molecule has 1 aliphatic rings. The van der Waals surface area contributed by atoms with E-state index in [2.05, 4.69) is 80.5 Å². The fraction of sp³-hybridized carbons (Fsp3) is 0.154. The van der Waals surface area contributed by atoms with E-state index in [1.165, 1.54) is 27.8 Å². The van der Waals surface area contributed by atoms with E-state index in [0.29, 0.717) is 6.61 Å². The van der Waals surface area contributed by atoms with E-state index in [0.717, 1.165) is 40.5 Å². The summed E-state index contributed by atoms with van der Waals surface area (Å²) < 4.78 is 6.12. The lowest BCUT2D eigenvalue weighted by Crippen LogP contribution is -2.25. The molecule has 0 unspecified atom stereocenters. The van der Waals surface area contributed by atoms with E-state index in [1.807, 2.05) is 18.5 Å². The van der Waals surface area contributed by atoms with Crippen molar-refractivity contribution in [1.29, 1.82) is 0 Å². The van der Waals surface area contributed by atoms with E-state index >= 15 is 0 Å². The smallest absolute Gasteiger partial charge is 0.166 e. The van der Waals surface area contributed by atoms with Gasteiger partial charge in [-0.3, -0.25) is 4.98 Å². The molecule has 158 valence electrons. The predicted molar refractivity (Wildman–Crippen MR) is 132 cm³/mol. The second kappa shape index (κ2) is 7.88. The number of ether oxygens (including phenoxy) is 1. The Morgan fingerprint density at radius 2 is 1.84 bits per heavy atom. The van der Waals surface area contributed by atoms with Crippen LogP contribution in [-0.4, -0.2) is 34.4 Å². The summed E-state index contributed by atoms with van der Waals surface area (Å²) in [5.41, 5.74) is 7.80. The summed E-state index contributed by atoms with van der Waals surface area (Å²) in [5, 5.41) is 2.11. The van der Waals surface area contributed by atoms with Gasteiger partial charge in [-0.25, -0.2) is 4.98 Å². The molecule has 32 heavy (non-hydrogen) atoms. The molecule has 1 aliphatic heterocycles. The Bertz CT molecular complexity index is 1440. The van der Waals surface area contributed by atoms with Gasteiger partial charge in [0.05, 0.1) is 23.1 Å². The molecular formula is C26H22N4OS. The zero-order chi connectivity index (χ0) is 21.5. The van der Waals surface area contributed by atoms with Crippen molar-refractivity contribution in [1.82, 2.24) is 15.0 Å². The molecular weight excluding hydrogens is 416 g/mol. The molecule has 5 aromatic rings. The largest absolute Gasteiger partial charge is 0.491 e. The van der Waals surface area contributed by atoms with Crippen LogP contribution in [0, 0.1) is 0 Å². The number of imidazole rings is 1. The zero-order valence-corrected chi connectivity index (χ0v) is 18.5. The molecule has 0 aliphatic carbocycles.